The molecule has 0 aromatic carbocycles. The van der Waals surface area contributed by atoms with Crippen molar-refractivity contribution >= 4 is 17.9 Å². The average molecular weight is 389 g/mol. The third-order valence-electron chi connectivity index (χ3n) is 4.05. The number of rotatable bonds is 16. The largest absolute Gasteiger partial charge is 0.550 e. The van der Waals surface area contributed by atoms with E-state index in [0.717, 1.165) is 25.7 Å². The summed E-state index contributed by atoms with van der Waals surface area (Å²) in [4.78, 5) is 33.1. The summed E-state index contributed by atoms with van der Waals surface area (Å²) in [5.41, 5.74) is 0. The monoisotopic (exact) mass is 389 g/mol. The van der Waals surface area contributed by atoms with Crippen molar-refractivity contribution in [3.8, 4) is 0 Å². The fourth-order valence-electron chi connectivity index (χ4n) is 2.80. The Balaban J connectivity index is 3.96. The molecule has 8 nitrogen and oxygen atoms in total. The number of carboxylic acid groups (broad SMARTS) is 2. The van der Waals surface area contributed by atoms with E-state index in [0.29, 0.717) is 23.9 Å². The molecule has 0 aromatic rings. The Labute approximate surface area is 161 Å². The molecule has 0 spiro atoms. The summed E-state index contributed by atoms with van der Waals surface area (Å²) in [6.45, 7) is 0.365. The normalized spacial score (nSPS) is 13.8. The van der Waals surface area contributed by atoms with Gasteiger partial charge in [-0.05, 0) is 19.3 Å². The van der Waals surface area contributed by atoms with E-state index in [1.807, 2.05) is 21.1 Å². The predicted octanol–water partition coefficient (Wildman–Crippen LogP) is 0.701. The van der Waals surface area contributed by atoms with Crippen molar-refractivity contribution in [2.75, 3.05) is 27.7 Å². The quantitative estimate of drug-likeness (QED) is 0.226. The molecular weight excluding hydrogens is 354 g/mol. The van der Waals surface area contributed by atoms with Gasteiger partial charge >= 0.3 is 11.9 Å². The highest BCUT2D eigenvalue weighted by Gasteiger charge is 2.22. The summed E-state index contributed by atoms with van der Waals surface area (Å²) in [5.74, 6) is -2.55. The topological polar surface area (TPSA) is 124 Å². The van der Waals surface area contributed by atoms with Crippen LogP contribution < -0.4 is 5.11 Å². The molecule has 158 valence electrons. The number of esters is 1. The summed E-state index contributed by atoms with van der Waals surface area (Å²) >= 11 is 0. The van der Waals surface area contributed by atoms with Gasteiger partial charge in [0, 0.05) is 25.2 Å². The summed E-state index contributed by atoms with van der Waals surface area (Å²) in [7, 11) is 5.63. The number of carboxylic acids is 2. The minimum Gasteiger partial charge on any atom is -0.550 e. The van der Waals surface area contributed by atoms with Crippen LogP contribution in [0.3, 0.4) is 0 Å². The fraction of sp³-hybridized carbons (Fsp3) is 0.842. The van der Waals surface area contributed by atoms with Crippen LogP contribution in [0.2, 0.25) is 0 Å². The molecular formula is C19H35NO7. The standard InChI is InChI=1S/C19H35NO7/c1-20(2,3)14-16(13-18(24)25)27-19(26)12-11-15(21)9-7-5-4-6-8-10-17(22)23/h15-16,21H,4-14H2,1-3H3,(H-,22,23,24,25). The minimum atomic E-state index is -1.26. The first-order valence-electron chi connectivity index (χ1n) is 9.59. The lowest BCUT2D eigenvalue weighted by Crippen LogP contribution is -2.45. The fourth-order valence-corrected chi connectivity index (χ4v) is 2.80. The highest BCUT2D eigenvalue weighted by Crippen LogP contribution is 2.13. The molecule has 0 amide bonds. The number of aliphatic hydroxyl groups is 1. The van der Waals surface area contributed by atoms with E-state index in [2.05, 4.69) is 0 Å². The van der Waals surface area contributed by atoms with Gasteiger partial charge in [-0.1, -0.05) is 25.7 Å². The Hall–Kier alpha value is -1.67. The molecule has 0 radical (unpaired) electrons. The van der Waals surface area contributed by atoms with Gasteiger partial charge in [0.25, 0.3) is 0 Å². The van der Waals surface area contributed by atoms with Crippen LogP contribution in [0, 0.1) is 0 Å². The Morgan fingerprint density at radius 2 is 1.56 bits per heavy atom. The molecule has 0 heterocycles. The highest BCUT2D eigenvalue weighted by atomic mass is 16.5. The van der Waals surface area contributed by atoms with E-state index in [1.165, 1.54) is 0 Å². The van der Waals surface area contributed by atoms with Gasteiger partial charge in [-0.2, -0.15) is 0 Å². The van der Waals surface area contributed by atoms with Crippen molar-refractivity contribution in [1.29, 1.82) is 0 Å². The SMILES string of the molecule is C[N+](C)(C)CC(CC(=O)[O-])OC(=O)CCC(O)CCCCCCCC(=O)O. The third-order valence-corrected chi connectivity index (χ3v) is 4.05. The number of hydrogen-bond acceptors (Lipinski definition) is 6. The molecule has 2 unspecified atom stereocenters. The second kappa shape index (κ2) is 13.5. The molecule has 2 atom stereocenters. The molecule has 2 N–H and O–H groups in total. The maximum absolute atomic E-state index is 11.9. The number of aliphatic hydroxyl groups excluding tert-OH is 1. The van der Waals surface area contributed by atoms with Gasteiger partial charge in [0.05, 0.1) is 27.2 Å². The Bertz CT molecular complexity index is 459. The Morgan fingerprint density at radius 1 is 0.963 bits per heavy atom. The minimum absolute atomic E-state index is 0.0421. The van der Waals surface area contributed by atoms with Gasteiger partial charge in [0.1, 0.15) is 6.54 Å². The molecule has 0 saturated carbocycles. The van der Waals surface area contributed by atoms with Crippen LogP contribution in [0.15, 0.2) is 0 Å². The second-order valence-electron chi connectivity index (χ2n) is 8.05. The van der Waals surface area contributed by atoms with Crippen molar-refractivity contribution in [3.05, 3.63) is 0 Å². The first kappa shape index (κ1) is 25.3. The summed E-state index contributed by atoms with van der Waals surface area (Å²) < 4.78 is 5.70. The molecule has 27 heavy (non-hydrogen) atoms. The molecule has 0 bridgehead atoms. The van der Waals surface area contributed by atoms with Crippen LogP contribution in [0.25, 0.3) is 0 Å². The zero-order valence-electron chi connectivity index (χ0n) is 16.8. The van der Waals surface area contributed by atoms with E-state index in [1.54, 1.807) is 0 Å². The smallest absolute Gasteiger partial charge is 0.306 e. The molecule has 0 aliphatic rings. The summed E-state index contributed by atoms with van der Waals surface area (Å²) in [6.07, 6.45) is 3.59. The van der Waals surface area contributed by atoms with Crippen molar-refractivity contribution < 1.29 is 38.9 Å². The zero-order valence-corrected chi connectivity index (χ0v) is 16.8. The van der Waals surface area contributed by atoms with Crippen molar-refractivity contribution in [3.63, 3.8) is 0 Å². The van der Waals surface area contributed by atoms with Crippen LogP contribution in [-0.2, 0) is 19.1 Å². The molecule has 0 saturated heterocycles. The van der Waals surface area contributed by atoms with Crippen LogP contribution in [0.1, 0.15) is 64.2 Å². The van der Waals surface area contributed by atoms with Gasteiger partial charge in [-0.25, -0.2) is 0 Å². The number of quaternary nitrogens is 1. The van der Waals surface area contributed by atoms with Gasteiger partial charge in [0.15, 0.2) is 6.10 Å². The lowest BCUT2D eigenvalue weighted by Gasteiger charge is -2.29. The lowest BCUT2D eigenvalue weighted by atomic mass is 10.0. The lowest BCUT2D eigenvalue weighted by molar-refractivity contribution is -0.873. The van der Waals surface area contributed by atoms with E-state index >= 15 is 0 Å². The van der Waals surface area contributed by atoms with Gasteiger partial charge in [-0.3, -0.25) is 9.59 Å². The first-order chi connectivity index (χ1) is 12.5. The molecule has 0 fully saturated rings. The zero-order chi connectivity index (χ0) is 20.9. The predicted molar refractivity (Wildman–Crippen MR) is 97.6 cm³/mol. The summed E-state index contributed by atoms with van der Waals surface area (Å²) in [5, 5.41) is 29.3. The summed E-state index contributed by atoms with van der Waals surface area (Å²) in [6, 6.07) is 0. The van der Waals surface area contributed by atoms with Gasteiger partial charge in [0.2, 0.25) is 0 Å². The highest BCUT2D eigenvalue weighted by molar-refractivity contribution is 5.71. The number of nitrogens with zero attached hydrogens (tertiary/aromatic N) is 1. The van der Waals surface area contributed by atoms with Gasteiger partial charge in [-0.15, -0.1) is 0 Å². The van der Waals surface area contributed by atoms with E-state index < -0.39 is 30.1 Å². The first-order valence-corrected chi connectivity index (χ1v) is 9.59. The van der Waals surface area contributed by atoms with Crippen LogP contribution in [0.5, 0.6) is 0 Å². The van der Waals surface area contributed by atoms with E-state index in [4.69, 9.17) is 9.84 Å². The van der Waals surface area contributed by atoms with Gasteiger partial charge < -0.3 is 29.3 Å². The number of carbonyl (C=O) groups is 3. The van der Waals surface area contributed by atoms with Crippen molar-refractivity contribution in [2.45, 2.75) is 76.4 Å². The maximum Gasteiger partial charge on any atom is 0.306 e. The van der Waals surface area contributed by atoms with Crippen LogP contribution in [0.4, 0.5) is 0 Å². The number of aliphatic carboxylic acids is 2. The van der Waals surface area contributed by atoms with Crippen molar-refractivity contribution in [2.24, 2.45) is 0 Å². The number of likely N-dealkylation sites (N-methyl/N-ethyl adjacent to an activating group) is 1. The molecule has 0 rings (SSSR count). The molecule has 8 heteroatoms. The van der Waals surface area contributed by atoms with E-state index in [9.17, 15) is 24.6 Å². The Kier molecular flexibility index (Phi) is 12.7. The molecule has 0 aromatic heterocycles. The maximum atomic E-state index is 11.9. The number of carbonyl (C=O) groups excluding carboxylic acids is 2. The van der Waals surface area contributed by atoms with Crippen LogP contribution >= 0.6 is 0 Å². The third kappa shape index (κ3) is 17.5. The number of hydrogen-bond donors (Lipinski definition) is 2. The van der Waals surface area contributed by atoms with E-state index in [-0.39, 0.29) is 25.7 Å². The average Bonchev–Trinajstić information content (AvgIpc) is 2.49. The van der Waals surface area contributed by atoms with Crippen molar-refractivity contribution in [1.82, 2.24) is 0 Å². The van der Waals surface area contributed by atoms with Crippen LogP contribution in [-0.4, -0.2) is 72.5 Å². The number of unbranched alkanes of at least 4 members (excludes halogenated alkanes) is 4. The molecule has 0 aliphatic carbocycles. The Morgan fingerprint density at radius 3 is 2.11 bits per heavy atom. The molecule has 0 aliphatic heterocycles. The second-order valence-corrected chi connectivity index (χ2v) is 8.05. The number of ether oxygens (including phenoxy) is 1.